The van der Waals surface area contributed by atoms with Gasteiger partial charge in [0.25, 0.3) is 0 Å². The van der Waals surface area contributed by atoms with Crippen LogP contribution in [0.5, 0.6) is 0 Å². The third kappa shape index (κ3) is 5.07. The summed E-state index contributed by atoms with van der Waals surface area (Å²) in [7, 11) is 0. The fourth-order valence-electron chi connectivity index (χ4n) is 4.05. The summed E-state index contributed by atoms with van der Waals surface area (Å²) in [4.78, 5) is 0. The van der Waals surface area contributed by atoms with E-state index in [1.165, 1.54) is 44.9 Å². The number of nitrogens with one attached hydrogen (secondary N) is 1. The minimum absolute atomic E-state index is 0.673. The fraction of sp³-hybridized carbons (Fsp3) is 1.00. The first-order valence-electron chi connectivity index (χ1n) is 8.49. The molecule has 3 atom stereocenters. The smallest absolute Gasteiger partial charge is 0.0469 e. The van der Waals surface area contributed by atoms with Crippen molar-refractivity contribution in [2.75, 3.05) is 13.2 Å². The molecule has 2 nitrogen and oxygen atoms in total. The molecule has 0 aromatic heterocycles. The van der Waals surface area contributed by atoms with Gasteiger partial charge in [0.15, 0.2) is 0 Å². The van der Waals surface area contributed by atoms with E-state index in [0.717, 1.165) is 37.0 Å². The molecule has 1 saturated carbocycles. The second-order valence-electron chi connectivity index (χ2n) is 7.26. The summed E-state index contributed by atoms with van der Waals surface area (Å²) in [6.45, 7) is 9.06. The van der Waals surface area contributed by atoms with Gasteiger partial charge in [0.2, 0.25) is 0 Å². The van der Waals surface area contributed by atoms with Crippen molar-refractivity contribution < 1.29 is 4.74 Å². The number of ether oxygens (including phenoxy) is 1. The molecular weight excluding hydrogens is 234 g/mol. The molecule has 1 saturated heterocycles. The average Bonchev–Trinajstić information content (AvgIpc) is 2.39. The molecule has 2 rings (SSSR count). The molecule has 0 amide bonds. The van der Waals surface area contributed by atoms with Crippen molar-refractivity contribution in [3.05, 3.63) is 0 Å². The minimum Gasteiger partial charge on any atom is -0.381 e. The monoisotopic (exact) mass is 267 g/mol. The van der Waals surface area contributed by atoms with Crippen LogP contribution in [0.3, 0.4) is 0 Å². The number of hydrogen-bond donors (Lipinski definition) is 1. The second-order valence-corrected chi connectivity index (χ2v) is 7.26. The van der Waals surface area contributed by atoms with Gasteiger partial charge in [-0.2, -0.15) is 0 Å². The largest absolute Gasteiger partial charge is 0.381 e. The Balaban J connectivity index is 1.74. The van der Waals surface area contributed by atoms with E-state index in [0.29, 0.717) is 6.04 Å². The summed E-state index contributed by atoms with van der Waals surface area (Å²) in [6.07, 6.45) is 9.60. The van der Waals surface area contributed by atoms with E-state index < -0.39 is 0 Å². The lowest BCUT2D eigenvalue weighted by Gasteiger charge is -2.36. The summed E-state index contributed by atoms with van der Waals surface area (Å²) < 4.78 is 5.47. The lowest BCUT2D eigenvalue weighted by Crippen LogP contribution is -2.44. The predicted octanol–water partition coefficient (Wildman–Crippen LogP) is 4.00. The molecule has 1 N–H and O–H groups in total. The quantitative estimate of drug-likeness (QED) is 0.813. The van der Waals surface area contributed by atoms with Gasteiger partial charge in [-0.15, -0.1) is 0 Å². The van der Waals surface area contributed by atoms with Crippen molar-refractivity contribution in [1.29, 1.82) is 0 Å². The standard InChI is InChI=1S/C17H33NO/c1-13(2)11-15-5-4-6-17(12-15)18-14(3)16-7-9-19-10-8-16/h13-18H,4-12H2,1-3H3. The summed E-state index contributed by atoms with van der Waals surface area (Å²) >= 11 is 0. The summed E-state index contributed by atoms with van der Waals surface area (Å²) in [5.41, 5.74) is 0. The first-order chi connectivity index (χ1) is 9.15. The van der Waals surface area contributed by atoms with Crippen LogP contribution in [0.15, 0.2) is 0 Å². The Morgan fingerprint density at radius 1 is 1.05 bits per heavy atom. The van der Waals surface area contributed by atoms with Crippen LogP contribution in [0.25, 0.3) is 0 Å². The van der Waals surface area contributed by atoms with Crippen molar-refractivity contribution in [2.24, 2.45) is 17.8 Å². The Labute approximate surface area is 119 Å². The van der Waals surface area contributed by atoms with Crippen LogP contribution in [-0.2, 0) is 4.74 Å². The van der Waals surface area contributed by atoms with E-state index in [1.54, 1.807) is 0 Å². The first-order valence-corrected chi connectivity index (χ1v) is 8.49. The molecular formula is C17H33NO. The Bertz CT molecular complexity index is 248. The van der Waals surface area contributed by atoms with Crippen LogP contribution in [0.2, 0.25) is 0 Å². The van der Waals surface area contributed by atoms with Gasteiger partial charge in [-0.3, -0.25) is 0 Å². The average molecular weight is 267 g/mol. The van der Waals surface area contributed by atoms with Crippen LogP contribution in [0.4, 0.5) is 0 Å². The zero-order valence-electron chi connectivity index (χ0n) is 13.2. The SMILES string of the molecule is CC(C)CC1CCCC(NC(C)C2CCOCC2)C1. The molecule has 0 bridgehead atoms. The maximum Gasteiger partial charge on any atom is 0.0469 e. The molecule has 1 aliphatic heterocycles. The van der Waals surface area contributed by atoms with Crippen molar-refractivity contribution in [3.63, 3.8) is 0 Å². The molecule has 0 spiro atoms. The maximum absolute atomic E-state index is 5.47. The highest BCUT2D eigenvalue weighted by atomic mass is 16.5. The normalized spacial score (nSPS) is 31.6. The zero-order valence-corrected chi connectivity index (χ0v) is 13.2. The summed E-state index contributed by atoms with van der Waals surface area (Å²) in [5.74, 6) is 2.66. The highest BCUT2D eigenvalue weighted by molar-refractivity contribution is 4.83. The van der Waals surface area contributed by atoms with E-state index in [1.807, 2.05) is 0 Å². The predicted molar refractivity (Wildman–Crippen MR) is 81.3 cm³/mol. The van der Waals surface area contributed by atoms with E-state index in [-0.39, 0.29) is 0 Å². The van der Waals surface area contributed by atoms with Crippen molar-refractivity contribution in [3.8, 4) is 0 Å². The van der Waals surface area contributed by atoms with Crippen molar-refractivity contribution in [2.45, 2.75) is 77.8 Å². The van der Waals surface area contributed by atoms with Gasteiger partial charge >= 0.3 is 0 Å². The molecule has 0 radical (unpaired) electrons. The topological polar surface area (TPSA) is 21.3 Å². The lowest BCUT2D eigenvalue weighted by atomic mass is 9.80. The molecule has 0 aromatic carbocycles. The van der Waals surface area contributed by atoms with Crippen LogP contribution in [0.1, 0.15) is 65.7 Å². The van der Waals surface area contributed by atoms with Crippen LogP contribution in [0, 0.1) is 17.8 Å². The Kier molecular flexibility index (Phi) is 6.15. The third-order valence-electron chi connectivity index (χ3n) is 5.06. The number of hydrogen-bond acceptors (Lipinski definition) is 2. The van der Waals surface area contributed by atoms with Gasteiger partial charge in [-0.05, 0) is 56.8 Å². The molecule has 0 aromatic rings. The van der Waals surface area contributed by atoms with E-state index in [2.05, 4.69) is 26.1 Å². The van der Waals surface area contributed by atoms with Gasteiger partial charge in [0.05, 0.1) is 0 Å². The van der Waals surface area contributed by atoms with Gasteiger partial charge in [0, 0.05) is 25.3 Å². The van der Waals surface area contributed by atoms with Crippen molar-refractivity contribution >= 4 is 0 Å². The zero-order chi connectivity index (χ0) is 13.7. The van der Waals surface area contributed by atoms with Gasteiger partial charge in [0.1, 0.15) is 0 Å². The maximum atomic E-state index is 5.47. The van der Waals surface area contributed by atoms with Gasteiger partial charge < -0.3 is 10.1 Å². The van der Waals surface area contributed by atoms with Crippen LogP contribution >= 0.6 is 0 Å². The summed E-state index contributed by atoms with van der Waals surface area (Å²) in [6, 6.07) is 1.45. The van der Waals surface area contributed by atoms with Gasteiger partial charge in [-0.1, -0.05) is 26.7 Å². The Morgan fingerprint density at radius 3 is 2.47 bits per heavy atom. The summed E-state index contributed by atoms with van der Waals surface area (Å²) in [5, 5.41) is 3.94. The minimum atomic E-state index is 0.673. The molecule has 1 aliphatic carbocycles. The molecule has 2 fully saturated rings. The first kappa shape index (κ1) is 15.3. The van der Waals surface area contributed by atoms with Crippen LogP contribution in [-0.4, -0.2) is 25.3 Å². The van der Waals surface area contributed by atoms with Crippen molar-refractivity contribution in [1.82, 2.24) is 5.32 Å². The van der Waals surface area contributed by atoms with E-state index in [4.69, 9.17) is 4.74 Å². The molecule has 1 heterocycles. The molecule has 3 unspecified atom stereocenters. The molecule has 19 heavy (non-hydrogen) atoms. The van der Waals surface area contributed by atoms with E-state index in [9.17, 15) is 0 Å². The van der Waals surface area contributed by atoms with Gasteiger partial charge in [-0.25, -0.2) is 0 Å². The fourth-order valence-corrected chi connectivity index (χ4v) is 4.05. The van der Waals surface area contributed by atoms with E-state index >= 15 is 0 Å². The highest BCUT2D eigenvalue weighted by Crippen LogP contribution is 2.30. The molecule has 2 heteroatoms. The third-order valence-corrected chi connectivity index (χ3v) is 5.06. The lowest BCUT2D eigenvalue weighted by molar-refractivity contribution is 0.0528. The Morgan fingerprint density at radius 2 is 1.79 bits per heavy atom. The van der Waals surface area contributed by atoms with Crippen LogP contribution < -0.4 is 5.32 Å². The molecule has 2 aliphatic rings. The molecule has 112 valence electrons. The second kappa shape index (κ2) is 7.64. The Hall–Kier alpha value is -0.0800. The highest BCUT2D eigenvalue weighted by Gasteiger charge is 2.26. The number of rotatable bonds is 5.